The van der Waals surface area contributed by atoms with Crippen molar-refractivity contribution in [2.45, 2.75) is 32.9 Å². The number of fused-ring (bicyclic) bond motifs is 1. The molecule has 8 heteroatoms. The van der Waals surface area contributed by atoms with Gasteiger partial charge in [-0.1, -0.05) is 17.7 Å². The number of hydrogen-bond donors (Lipinski definition) is 0. The minimum Gasteiger partial charge on any atom is -0.291 e. The zero-order valence-corrected chi connectivity index (χ0v) is 13.2. The lowest BCUT2D eigenvalue weighted by Crippen LogP contribution is -2.25. The molecule has 0 spiro atoms. The Morgan fingerprint density at radius 1 is 1.27 bits per heavy atom. The Balaban J connectivity index is 2.01. The van der Waals surface area contributed by atoms with E-state index in [1.54, 1.807) is 18.2 Å². The van der Waals surface area contributed by atoms with Crippen LogP contribution in [0.25, 0.3) is 10.9 Å². The maximum atomic E-state index is 12.5. The summed E-state index contributed by atoms with van der Waals surface area (Å²) in [6.07, 6.45) is 1.47. The molecule has 3 aromatic rings. The standard InChI is InChI=1S/C14H15ClN6O/c1-14(2,3)21-18-11(17-19-21)7-20-8-16-10-6-4-5-9(15)12(10)13(20)22/h4-6,8H,7H2,1-3H3. The number of halogens is 1. The quantitative estimate of drug-likeness (QED) is 0.720. The molecule has 0 saturated carbocycles. The van der Waals surface area contributed by atoms with E-state index in [2.05, 4.69) is 20.4 Å². The van der Waals surface area contributed by atoms with Crippen molar-refractivity contribution in [3.8, 4) is 0 Å². The van der Waals surface area contributed by atoms with Crippen LogP contribution in [0.3, 0.4) is 0 Å². The predicted octanol–water partition coefficient (Wildman–Crippen LogP) is 1.84. The van der Waals surface area contributed by atoms with Crippen LogP contribution in [0.2, 0.25) is 5.02 Å². The van der Waals surface area contributed by atoms with Crippen molar-refractivity contribution in [2.24, 2.45) is 0 Å². The average molecular weight is 319 g/mol. The molecule has 3 rings (SSSR count). The number of benzene rings is 1. The van der Waals surface area contributed by atoms with Crippen molar-refractivity contribution in [1.29, 1.82) is 0 Å². The van der Waals surface area contributed by atoms with Crippen molar-refractivity contribution in [2.75, 3.05) is 0 Å². The lowest BCUT2D eigenvalue weighted by atomic mass is 10.1. The largest absolute Gasteiger partial charge is 0.291 e. The van der Waals surface area contributed by atoms with Crippen molar-refractivity contribution >= 4 is 22.5 Å². The first-order valence-corrected chi connectivity index (χ1v) is 7.17. The second kappa shape index (κ2) is 5.17. The van der Waals surface area contributed by atoms with E-state index < -0.39 is 0 Å². The minimum absolute atomic E-state index is 0.197. The van der Waals surface area contributed by atoms with Crippen LogP contribution in [0, 0.1) is 0 Å². The molecule has 1 aromatic carbocycles. The normalized spacial score (nSPS) is 12.0. The van der Waals surface area contributed by atoms with E-state index in [-0.39, 0.29) is 17.6 Å². The van der Waals surface area contributed by atoms with Gasteiger partial charge in [0.2, 0.25) is 0 Å². The molecule has 0 fully saturated rings. The van der Waals surface area contributed by atoms with E-state index in [9.17, 15) is 4.79 Å². The lowest BCUT2D eigenvalue weighted by molar-refractivity contribution is 0.305. The minimum atomic E-state index is -0.263. The monoisotopic (exact) mass is 318 g/mol. The molecule has 2 aromatic heterocycles. The number of tetrazole rings is 1. The lowest BCUT2D eigenvalue weighted by Gasteiger charge is -2.15. The molecule has 0 aliphatic rings. The van der Waals surface area contributed by atoms with E-state index in [1.165, 1.54) is 15.7 Å². The smallest absolute Gasteiger partial charge is 0.263 e. The third-order valence-corrected chi connectivity index (χ3v) is 3.48. The van der Waals surface area contributed by atoms with Gasteiger partial charge in [0.05, 0.1) is 34.3 Å². The van der Waals surface area contributed by atoms with Gasteiger partial charge >= 0.3 is 0 Å². The van der Waals surface area contributed by atoms with Crippen LogP contribution in [0.4, 0.5) is 0 Å². The van der Waals surface area contributed by atoms with Gasteiger partial charge in [-0.15, -0.1) is 10.2 Å². The molecule has 0 saturated heterocycles. The van der Waals surface area contributed by atoms with Gasteiger partial charge in [-0.25, -0.2) is 4.98 Å². The highest BCUT2D eigenvalue weighted by Gasteiger charge is 2.17. The summed E-state index contributed by atoms with van der Waals surface area (Å²) in [6, 6.07) is 5.18. The summed E-state index contributed by atoms with van der Waals surface area (Å²) in [5.74, 6) is 0.449. The van der Waals surface area contributed by atoms with Crippen LogP contribution < -0.4 is 5.56 Å². The van der Waals surface area contributed by atoms with Gasteiger partial charge in [0.1, 0.15) is 0 Å². The van der Waals surface area contributed by atoms with E-state index in [1.807, 2.05) is 20.8 Å². The Labute approximate surface area is 131 Å². The SMILES string of the molecule is CC(C)(C)n1nnc(Cn2cnc3cccc(Cl)c3c2=O)n1. The molecule has 0 radical (unpaired) electrons. The fourth-order valence-electron chi connectivity index (χ4n) is 2.02. The second-order valence-electron chi connectivity index (χ2n) is 5.98. The van der Waals surface area contributed by atoms with Crippen LogP contribution in [-0.2, 0) is 12.1 Å². The van der Waals surface area contributed by atoms with Crippen LogP contribution in [-0.4, -0.2) is 29.8 Å². The molecule has 0 atom stereocenters. The zero-order chi connectivity index (χ0) is 15.9. The summed E-state index contributed by atoms with van der Waals surface area (Å²) >= 11 is 6.10. The van der Waals surface area contributed by atoms with E-state index in [0.29, 0.717) is 21.7 Å². The van der Waals surface area contributed by atoms with Gasteiger partial charge in [-0.2, -0.15) is 4.80 Å². The molecule has 7 nitrogen and oxygen atoms in total. The molecule has 2 heterocycles. The maximum Gasteiger partial charge on any atom is 0.263 e. The predicted molar refractivity (Wildman–Crippen MR) is 82.9 cm³/mol. The van der Waals surface area contributed by atoms with E-state index in [0.717, 1.165) is 0 Å². The summed E-state index contributed by atoms with van der Waals surface area (Å²) in [6.45, 7) is 6.12. The second-order valence-corrected chi connectivity index (χ2v) is 6.38. The highest BCUT2D eigenvalue weighted by molar-refractivity contribution is 6.35. The Bertz CT molecular complexity index is 892. The highest BCUT2D eigenvalue weighted by atomic mass is 35.5. The first-order valence-electron chi connectivity index (χ1n) is 6.79. The molecular weight excluding hydrogens is 304 g/mol. The molecule has 0 N–H and O–H groups in total. The Kier molecular flexibility index (Phi) is 3.44. The zero-order valence-electron chi connectivity index (χ0n) is 12.5. The molecule has 0 amide bonds. The van der Waals surface area contributed by atoms with Crippen LogP contribution in [0.15, 0.2) is 29.3 Å². The number of nitrogens with zero attached hydrogens (tertiary/aromatic N) is 6. The van der Waals surface area contributed by atoms with Crippen molar-refractivity contribution in [3.05, 3.63) is 45.7 Å². The fraction of sp³-hybridized carbons (Fsp3) is 0.357. The maximum absolute atomic E-state index is 12.5. The summed E-state index contributed by atoms with van der Waals surface area (Å²) < 4.78 is 1.43. The molecule has 114 valence electrons. The summed E-state index contributed by atoms with van der Waals surface area (Å²) in [5.41, 5.74) is 0.0870. The third-order valence-electron chi connectivity index (χ3n) is 3.17. The first-order chi connectivity index (χ1) is 10.4. The molecule has 0 bridgehead atoms. The van der Waals surface area contributed by atoms with Crippen LogP contribution >= 0.6 is 11.6 Å². The number of aromatic nitrogens is 6. The Morgan fingerprint density at radius 2 is 2.05 bits per heavy atom. The molecule has 22 heavy (non-hydrogen) atoms. The first kappa shape index (κ1) is 14.6. The van der Waals surface area contributed by atoms with Crippen molar-refractivity contribution in [1.82, 2.24) is 29.8 Å². The number of hydrogen-bond acceptors (Lipinski definition) is 5. The molecule has 0 aliphatic heterocycles. The Hall–Kier alpha value is -2.28. The van der Waals surface area contributed by atoms with Crippen molar-refractivity contribution in [3.63, 3.8) is 0 Å². The molecule has 0 unspecified atom stereocenters. The van der Waals surface area contributed by atoms with Gasteiger partial charge in [0.25, 0.3) is 5.56 Å². The Morgan fingerprint density at radius 3 is 2.73 bits per heavy atom. The number of rotatable bonds is 2. The van der Waals surface area contributed by atoms with Gasteiger partial charge in [-0.05, 0) is 38.1 Å². The van der Waals surface area contributed by atoms with Crippen LogP contribution in [0.5, 0.6) is 0 Å². The van der Waals surface area contributed by atoms with Gasteiger partial charge in [0, 0.05) is 0 Å². The summed E-state index contributed by atoms with van der Waals surface area (Å²) in [4.78, 5) is 18.3. The van der Waals surface area contributed by atoms with Gasteiger partial charge in [0.15, 0.2) is 5.82 Å². The van der Waals surface area contributed by atoms with Gasteiger partial charge in [-0.3, -0.25) is 9.36 Å². The van der Waals surface area contributed by atoms with Gasteiger partial charge < -0.3 is 0 Å². The third kappa shape index (κ3) is 2.59. The van der Waals surface area contributed by atoms with Crippen molar-refractivity contribution < 1.29 is 0 Å². The fourth-order valence-corrected chi connectivity index (χ4v) is 2.27. The molecule has 0 aliphatic carbocycles. The van der Waals surface area contributed by atoms with E-state index >= 15 is 0 Å². The summed E-state index contributed by atoms with van der Waals surface area (Å²) in [5, 5.41) is 13.1. The highest BCUT2D eigenvalue weighted by Crippen LogP contribution is 2.17. The summed E-state index contributed by atoms with van der Waals surface area (Å²) in [7, 11) is 0. The van der Waals surface area contributed by atoms with Crippen LogP contribution in [0.1, 0.15) is 26.6 Å². The molecular formula is C14H15ClN6O. The van der Waals surface area contributed by atoms with E-state index in [4.69, 9.17) is 11.6 Å². The average Bonchev–Trinajstić information content (AvgIpc) is 2.91. The topological polar surface area (TPSA) is 78.5 Å².